The fourth-order valence-corrected chi connectivity index (χ4v) is 2.20. The third-order valence-corrected chi connectivity index (χ3v) is 2.82. The fourth-order valence-electron chi connectivity index (χ4n) is 2.20. The van der Waals surface area contributed by atoms with E-state index in [0.717, 1.165) is 30.6 Å². The van der Waals surface area contributed by atoms with E-state index in [4.69, 9.17) is 5.11 Å². The predicted octanol–water partition coefficient (Wildman–Crippen LogP) is 1.07. The van der Waals surface area contributed by atoms with Crippen LogP contribution in [0.2, 0.25) is 0 Å². The molecule has 1 saturated heterocycles. The molecule has 0 aromatic rings. The second kappa shape index (κ2) is 2.47. The van der Waals surface area contributed by atoms with Gasteiger partial charge in [0.1, 0.15) is 0 Å². The summed E-state index contributed by atoms with van der Waals surface area (Å²) < 4.78 is 0. The quantitative estimate of drug-likeness (QED) is 0.552. The fraction of sp³-hybridized carbons (Fsp3) is 0.750. The third kappa shape index (κ3) is 0.838. The van der Waals surface area contributed by atoms with Crippen LogP contribution in [0, 0.1) is 5.92 Å². The number of carbonyl (C=O) groups is 2. The molecule has 2 fully saturated rings. The largest absolute Gasteiger partial charge is 0.465 e. The van der Waals surface area contributed by atoms with Gasteiger partial charge in [-0.25, -0.2) is 9.69 Å². The first-order chi connectivity index (χ1) is 5.72. The number of hydrogen-bond acceptors (Lipinski definition) is 2. The lowest BCUT2D eigenvalue weighted by Gasteiger charge is -2.46. The van der Waals surface area contributed by atoms with Crippen LogP contribution >= 0.6 is 0 Å². The molecule has 2 rings (SSSR count). The van der Waals surface area contributed by atoms with E-state index in [2.05, 4.69) is 0 Å². The second-order valence-corrected chi connectivity index (χ2v) is 3.45. The number of rotatable bonds is 0. The molecule has 0 spiro atoms. The van der Waals surface area contributed by atoms with Gasteiger partial charge in [-0.3, -0.25) is 4.79 Å². The van der Waals surface area contributed by atoms with Gasteiger partial charge in [0.2, 0.25) is 5.91 Å². The van der Waals surface area contributed by atoms with E-state index in [1.54, 1.807) is 0 Å². The monoisotopic (exact) mass is 169 g/mol. The minimum absolute atomic E-state index is 0.00347. The predicted molar refractivity (Wildman–Crippen MR) is 40.6 cm³/mol. The molecule has 2 unspecified atom stereocenters. The Balaban J connectivity index is 2.10. The van der Waals surface area contributed by atoms with Gasteiger partial charge >= 0.3 is 6.09 Å². The molecule has 12 heavy (non-hydrogen) atoms. The van der Waals surface area contributed by atoms with Crippen molar-refractivity contribution in [1.82, 2.24) is 4.90 Å². The summed E-state index contributed by atoms with van der Waals surface area (Å²) in [6.45, 7) is 0. The molecule has 2 amide bonds. The lowest BCUT2D eigenvalue weighted by molar-refractivity contribution is -0.154. The summed E-state index contributed by atoms with van der Waals surface area (Å²) in [7, 11) is 0. The molecule has 4 nitrogen and oxygen atoms in total. The van der Waals surface area contributed by atoms with Gasteiger partial charge in [-0.15, -0.1) is 0 Å². The van der Waals surface area contributed by atoms with E-state index in [1.807, 2.05) is 0 Å². The molecule has 2 aliphatic rings. The van der Waals surface area contributed by atoms with Crippen LogP contribution in [0.1, 0.15) is 25.7 Å². The molecule has 1 N–H and O–H groups in total. The van der Waals surface area contributed by atoms with Crippen LogP contribution < -0.4 is 0 Å². The first-order valence-electron chi connectivity index (χ1n) is 4.28. The van der Waals surface area contributed by atoms with Gasteiger partial charge < -0.3 is 5.11 Å². The van der Waals surface area contributed by atoms with Crippen molar-refractivity contribution < 1.29 is 14.7 Å². The molecule has 0 radical (unpaired) electrons. The summed E-state index contributed by atoms with van der Waals surface area (Å²) in [6.07, 6.45) is 2.79. The van der Waals surface area contributed by atoms with Gasteiger partial charge in [0.25, 0.3) is 0 Å². The molecule has 4 heteroatoms. The number of nitrogens with zero attached hydrogens (tertiary/aromatic N) is 1. The first kappa shape index (κ1) is 7.58. The molecule has 1 heterocycles. The van der Waals surface area contributed by atoms with Gasteiger partial charge in [0, 0.05) is 0 Å². The highest BCUT2D eigenvalue weighted by Crippen LogP contribution is 2.38. The Labute approximate surface area is 70.2 Å². The molecular weight excluding hydrogens is 158 g/mol. The van der Waals surface area contributed by atoms with E-state index >= 15 is 0 Å². The average Bonchev–Trinajstić information content (AvgIpc) is 2.03. The lowest BCUT2D eigenvalue weighted by Crippen LogP contribution is -2.63. The van der Waals surface area contributed by atoms with Crippen LogP contribution in [0.25, 0.3) is 0 Å². The van der Waals surface area contributed by atoms with Crippen molar-refractivity contribution in [3.8, 4) is 0 Å². The lowest BCUT2D eigenvalue weighted by atomic mass is 9.76. The van der Waals surface area contributed by atoms with Crippen LogP contribution in [0.5, 0.6) is 0 Å². The maximum absolute atomic E-state index is 11.2. The standard InChI is InChI=1S/C8H11NO3/c10-7-5-3-1-2-4-6(5)9(7)8(11)12/h5-6H,1-4H2,(H,11,12). The second-order valence-electron chi connectivity index (χ2n) is 3.45. The zero-order chi connectivity index (χ0) is 8.72. The zero-order valence-corrected chi connectivity index (χ0v) is 6.69. The average molecular weight is 169 g/mol. The Morgan fingerprint density at radius 3 is 2.75 bits per heavy atom. The van der Waals surface area contributed by atoms with Crippen molar-refractivity contribution in [2.45, 2.75) is 31.7 Å². The number of fused-ring (bicyclic) bond motifs is 1. The number of likely N-dealkylation sites (tertiary alicyclic amines) is 1. The zero-order valence-electron chi connectivity index (χ0n) is 6.69. The number of amides is 2. The number of imide groups is 1. The first-order valence-corrected chi connectivity index (χ1v) is 4.28. The van der Waals surface area contributed by atoms with Crippen molar-refractivity contribution in [2.75, 3.05) is 0 Å². The third-order valence-electron chi connectivity index (χ3n) is 2.82. The van der Waals surface area contributed by atoms with Crippen molar-refractivity contribution in [2.24, 2.45) is 5.92 Å². The Bertz CT molecular complexity index is 238. The van der Waals surface area contributed by atoms with Crippen molar-refractivity contribution in [1.29, 1.82) is 0 Å². The summed E-state index contributed by atoms with van der Waals surface area (Å²) in [5.41, 5.74) is 0. The Hall–Kier alpha value is -1.06. The highest BCUT2D eigenvalue weighted by atomic mass is 16.4. The Morgan fingerprint density at radius 1 is 1.42 bits per heavy atom. The normalized spacial score (nSPS) is 34.0. The molecule has 1 aliphatic carbocycles. The SMILES string of the molecule is O=C(O)N1C(=O)C2CCCCC21. The van der Waals surface area contributed by atoms with Gasteiger partial charge in [-0.1, -0.05) is 12.8 Å². The highest BCUT2D eigenvalue weighted by molar-refractivity contribution is 5.98. The van der Waals surface area contributed by atoms with Crippen LogP contribution in [0.4, 0.5) is 4.79 Å². The molecule has 2 atom stereocenters. The number of hydrogen-bond donors (Lipinski definition) is 1. The topological polar surface area (TPSA) is 57.6 Å². The molecule has 0 aromatic heterocycles. The smallest absolute Gasteiger partial charge is 0.414 e. The number of β-lactam (4-membered cyclic amide) rings is 1. The van der Waals surface area contributed by atoms with E-state index in [1.165, 1.54) is 0 Å². The molecule has 66 valence electrons. The molecule has 0 bridgehead atoms. The minimum Gasteiger partial charge on any atom is -0.465 e. The minimum atomic E-state index is -1.08. The van der Waals surface area contributed by atoms with Gasteiger partial charge in [0.05, 0.1) is 12.0 Å². The van der Waals surface area contributed by atoms with E-state index in [0.29, 0.717) is 0 Å². The van der Waals surface area contributed by atoms with Gasteiger partial charge in [-0.2, -0.15) is 0 Å². The van der Waals surface area contributed by atoms with E-state index in [-0.39, 0.29) is 17.9 Å². The summed E-state index contributed by atoms with van der Waals surface area (Å²) in [6, 6.07) is 0.00347. The summed E-state index contributed by atoms with van der Waals surface area (Å²) in [5, 5.41) is 8.65. The van der Waals surface area contributed by atoms with E-state index in [9.17, 15) is 9.59 Å². The van der Waals surface area contributed by atoms with E-state index < -0.39 is 6.09 Å². The van der Waals surface area contributed by atoms with Crippen LogP contribution in [-0.2, 0) is 4.79 Å². The Kier molecular flexibility index (Phi) is 1.56. The molecule has 0 aromatic carbocycles. The van der Waals surface area contributed by atoms with Crippen LogP contribution in [-0.4, -0.2) is 28.0 Å². The maximum Gasteiger partial charge on any atom is 0.414 e. The van der Waals surface area contributed by atoms with Gasteiger partial charge in [-0.05, 0) is 12.8 Å². The summed E-state index contributed by atoms with van der Waals surface area (Å²) in [5.74, 6) is -0.165. The summed E-state index contributed by atoms with van der Waals surface area (Å²) >= 11 is 0. The van der Waals surface area contributed by atoms with Crippen molar-refractivity contribution in [3.63, 3.8) is 0 Å². The van der Waals surface area contributed by atoms with Crippen molar-refractivity contribution in [3.05, 3.63) is 0 Å². The van der Waals surface area contributed by atoms with Crippen LogP contribution in [0.15, 0.2) is 0 Å². The van der Waals surface area contributed by atoms with Crippen LogP contribution in [0.3, 0.4) is 0 Å². The Morgan fingerprint density at radius 2 is 2.08 bits per heavy atom. The molecule has 1 saturated carbocycles. The van der Waals surface area contributed by atoms with Gasteiger partial charge in [0.15, 0.2) is 0 Å². The maximum atomic E-state index is 11.2. The highest BCUT2D eigenvalue weighted by Gasteiger charge is 2.51. The molecular formula is C8H11NO3. The number of carbonyl (C=O) groups excluding carboxylic acids is 1. The number of carboxylic acid groups (broad SMARTS) is 1. The molecule has 1 aliphatic heterocycles. The van der Waals surface area contributed by atoms with Crippen molar-refractivity contribution >= 4 is 12.0 Å². The summed E-state index contributed by atoms with van der Waals surface area (Å²) in [4.78, 5) is 22.7.